The van der Waals surface area contributed by atoms with Crippen LogP contribution in [-0.4, -0.2) is 4.57 Å². The van der Waals surface area contributed by atoms with E-state index in [1.54, 1.807) is 0 Å². The summed E-state index contributed by atoms with van der Waals surface area (Å²) in [6, 6.07) is 8.25. The lowest BCUT2D eigenvalue weighted by Crippen LogP contribution is -1.96. The monoisotopic (exact) mass is 232 g/mol. The first-order valence-corrected chi connectivity index (χ1v) is 5.75. The standard InChI is InChI=1S/C13H13ClN2/c1-3-6-16-12-7-9(2)4-5-10(12)11(8-15)13(16)14/h4-5,7H,3,6H2,1-2H3. The number of rotatable bonds is 2. The maximum atomic E-state index is 9.12. The zero-order chi connectivity index (χ0) is 11.7. The fourth-order valence-corrected chi connectivity index (χ4v) is 2.30. The lowest BCUT2D eigenvalue weighted by atomic mass is 10.1. The van der Waals surface area contributed by atoms with Crippen LogP contribution in [0.2, 0.25) is 5.15 Å². The van der Waals surface area contributed by atoms with Gasteiger partial charge in [-0.15, -0.1) is 0 Å². The third kappa shape index (κ3) is 1.58. The number of hydrogen-bond acceptors (Lipinski definition) is 1. The van der Waals surface area contributed by atoms with Gasteiger partial charge in [-0.25, -0.2) is 0 Å². The van der Waals surface area contributed by atoms with Crippen LogP contribution in [0.3, 0.4) is 0 Å². The van der Waals surface area contributed by atoms with Crippen LogP contribution >= 0.6 is 11.6 Å². The molecular formula is C13H13ClN2. The highest BCUT2D eigenvalue weighted by atomic mass is 35.5. The number of halogens is 1. The van der Waals surface area contributed by atoms with Crippen molar-refractivity contribution in [2.75, 3.05) is 0 Å². The number of hydrogen-bond donors (Lipinski definition) is 0. The summed E-state index contributed by atoms with van der Waals surface area (Å²) in [5.74, 6) is 0. The van der Waals surface area contributed by atoms with Gasteiger partial charge < -0.3 is 4.57 Å². The molecule has 0 atom stereocenters. The Kier molecular flexibility index (Phi) is 2.89. The Morgan fingerprint density at radius 1 is 1.44 bits per heavy atom. The number of fused-ring (bicyclic) bond motifs is 1. The van der Waals surface area contributed by atoms with Gasteiger partial charge in [0.2, 0.25) is 0 Å². The number of aryl methyl sites for hydroxylation is 2. The van der Waals surface area contributed by atoms with E-state index in [4.69, 9.17) is 16.9 Å². The molecule has 0 aliphatic heterocycles. The lowest BCUT2D eigenvalue weighted by molar-refractivity contribution is 0.703. The molecule has 0 bridgehead atoms. The Morgan fingerprint density at radius 3 is 2.81 bits per heavy atom. The number of benzene rings is 1. The second kappa shape index (κ2) is 4.19. The van der Waals surface area contributed by atoms with Crippen LogP contribution in [0.5, 0.6) is 0 Å². The SMILES string of the molecule is CCCn1c(Cl)c(C#N)c2ccc(C)cc21. The number of aromatic nitrogens is 1. The van der Waals surface area contributed by atoms with Crippen LogP contribution in [0, 0.1) is 18.3 Å². The summed E-state index contributed by atoms with van der Waals surface area (Å²) in [4.78, 5) is 0. The molecule has 3 heteroatoms. The average Bonchev–Trinajstić information content (AvgIpc) is 2.52. The Morgan fingerprint density at radius 2 is 2.19 bits per heavy atom. The minimum absolute atomic E-state index is 0.560. The Bertz CT molecular complexity index is 576. The molecule has 2 nitrogen and oxygen atoms in total. The van der Waals surface area contributed by atoms with Crippen molar-refractivity contribution in [1.29, 1.82) is 5.26 Å². The van der Waals surface area contributed by atoms with Crippen LogP contribution in [0.1, 0.15) is 24.5 Å². The number of nitriles is 1. The van der Waals surface area contributed by atoms with Crippen molar-refractivity contribution in [3.8, 4) is 6.07 Å². The first-order valence-electron chi connectivity index (χ1n) is 5.37. The minimum Gasteiger partial charge on any atom is -0.330 e. The molecule has 0 spiro atoms. The lowest BCUT2D eigenvalue weighted by Gasteiger charge is -2.04. The summed E-state index contributed by atoms with van der Waals surface area (Å²) in [6.07, 6.45) is 1.00. The molecule has 0 aliphatic carbocycles. The van der Waals surface area contributed by atoms with E-state index in [1.807, 2.05) is 23.6 Å². The molecular weight excluding hydrogens is 220 g/mol. The van der Waals surface area contributed by atoms with Crippen LogP contribution in [0.25, 0.3) is 10.9 Å². The van der Waals surface area contributed by atoms with E-state index in [2.05, 4.69) is 19.1 Å². The first-order chi connectivity index (χ1) is 7.69. The summed E-state index contributed by atoms with van der Waals surface area (Å²) < 4.78 is 2.02. The molecule has 0 amide bonds. The van der Waals surface area contributed by atoms with E-state index in [-0.39, 0.29) is 0 Å². The van der Waals surface area contributed by atoms with Gasteiger partial charge in [-0.2, -0.15) is 5.26 Å². The van der Waals surface area contributed by atoms with Gasteiger partial charge in [0.15, 0.2) is 0 Å². The highest BCUT2D eigenvalue weighted by Gasteiger charge is 2.14. The largest absolute Gasteiger partial charge is 0.330 e. The topological polar surface area (TPSA) is 28.7 Å². The summed E-state index contributed by atoms with van der Waals surface area (Å²) in [5.41, 5.74) is 2.83. The molecule has 0 aliphatic rings. The molecule has 2 aromatic rings. The molecule has 1 heterocycles. The molecule has 0 N–H and O–H groups in total. The predicted molar refractivity (Wildman–Crippen MR) is 66.7 cm³/mol. The van der Waals surface area contributed by atoms with E-state index in [1.165, 1.54) is 5.56 Å². The van der Waals surface area contributed by atoms with Crippen molar-refractivity contribution in [1.82, 2.24) is 4.57 Å². The summed E-state index contributed by atoms with van der Waals surface area (Å²) in [7, 11) is 0. The Labute approximate surface area is 100 Å². The van der Waals surface area contributed by atoms with Crippen molar-refractivity contribution in [2.45, 2.75) is 26.8 Å². The molecule has 1 aromatic heterocycles. The van der Waals surface area contributed by atoms with Crippen molar-refractivity contribution < 1.29 is 0 Å². The number of nitrogens with zero attached hydrogens (tertiary/aromatic N) is 2. The molecule has 0 fully saturated rings. The fourth-order valence-electron chi connectivity index (χ4n) is 1.98. The molecule has 0 saturated heterocycles. The molecule has 16 heavy (non-hydrogen) atoms. The van der Waals surface area contributed by atoms with Gasteiger partial charge in [-0.05, 0) is 25.0 Å². The summed E-state index contributed by atoms with van der Waals surface area (Å²) >= 11 is 6.22. The van der Waals surface area contributed by atoms with Crippen molar-refractivity contribution >= 4 is 22.5 Å². The average molecular weight is 233 g/mol. The van der Waals surface area contributed by atoms with Gasteiger partial charge in [-0.3, -0.25) is 0 Å². The Hall–Kier alpha value is -1.46. The van der Waals surface area contributed by atoms with Gasteiger partial charge in [0.1, 0.15) is 11.2 Å². The first kappa shape index (κ1) is 11.0. The minimum atomic E-state index is 0.560. The zero-order valence-corrected chi connectivity index (χ0v) is 10.2. The zero-order valence-electron chi connectivity index (χ0n) is 9.42. The predicted octanol–water partition coefficient (Wildman–Crippen LogP) is 3.88. The van der Waals surface area contributed by atoms with Gasteiger partial charge >= 0.3 is 0 Å². The maximum Gasteiger partial charge on any atom is 0.128 e. The molecule has 0 unspecified atom stereocenters. The van der Waals surface area contributed by atoms with E-state index >= 15 is 0 Å². The molecule has 0 saturated carbocycles. The molecule has 1 aromatic carbocycles. The van der Waals surface area contributed by atoms with E-state index in [0.717, 1.165) is 23.9 Å². The second-order valence-electron chi connectivity index (χ2n) is 3.95. The van der Waals surface area contributed by atoms with E-state index < -0.39 is 0 Å². The highest BCUT2D eigenvalue weighted by molar-refractivity contribution is 6.32. The third-order valence-corrected chi connectivity index (χ3v) is 3.11. The smallest absolute Gasteiger partial charge is 0.128 e. The van der Waals surface area contributed by atoms with E-state index in [9.17, 15) is 0 Å². The van der Waals surface area contributed by atoms with Crippen LogP contribution in [0.15, 0.2) is 18.2 Å². The van der Waals surface area contributed by atoms with Gasteiger partial charge in [0.05, 0.1) is 11.1 Å². The van der Waals surface area contributed by atoms with Crippen LogP contribution in [0.4, 0.5) is 0 Å². The van der Waals surface area contributed by atoms with Crippen LogP contribution in [-0.2, 0) is 6.54 Å². The highest BCUT2D eigenvalue weighted by Crippen LogP contribution is 2.30. The van der Waals surface area contributed by atoms with Gasteiger partial charge in [-0.1, -0.05) is 30.7 Å². The Balaban J connectivity index is 2.82. The van der Waals surface area contributed by atoms with Crippen molar-refractivity contribution in [2.24, 2.45) is 0 Å². The second-order valence-corrected chi connectivity index (χ2v) is 4.31. The molecule has 82 valence electrons. The van der Waals surface area contributed by atoms with Gasteiger partial charge in [0.25, 0.3) is 0 Å². The summed E-state index contributed by atoms with van der Waals surface area (Å²) in [5, 5.41) is 10.6. The maximum absolute atomic E-state index is 9.12. The van der Waals surface area contributed by atoms with E-state index in [0.29, 0.717) is 10.7 Å². The third-order valence-electron chi connectivity index (χ3n) is 2.72. The fraction of sp³-hybridized carbons (Fsp3) is 0.308. The van der Waals surface area contributed by atoms with Gasteiger partial charge in [0, 0.05) is 11.9 Å². The summed E-state index contributed by atoms with van der Waals surface area (Å²) in [6.45, 7) is 4.99. The van der Waals surface area contributed by atoms with Crippen LogP contribution < -0.4 is 0 Å². The quantitative estimate of drug-likeness (QED) is 0.772. The molecule has 0 radical (unpaired) electrons. The van der Waals surface area contributed by atoms with Crippen molar-refractivity contribution in [3.63, 3.8) is 0 Å². The normalized spacial score (nSPS) is 10.6. The van der Waals surface area contributed by atoms with Crippen molar-refractivity contribution in [3.05, 3.63) is 34.5 Å². The molecule has 2 rings (SSSR count).